The highest BCUT2D eigenvalue weighted by Crippen LogP contribution is 2.24. The molecule has 3 amide bonds. The summed E-state index contributed by atoms with van der Waals surface area (Å²) in [6.07, 6.45) is 1.74. The number of hydrogen-bond acceptors (Lipinski definition) is 5. The number of phenolic OH excluding ortho intramolecular Hbond substituents is 1. The van der Waals surface area contributed by atoms with E-state index in [1.165, 1.54) is 12.3 Å². The first-order valence-electron chi connectivity index (χ1n) is 7.07. The van der Waals surface area contributed by atoms with Gasteiger partial charge < -0.3 is 15.2 Å². The molecule has 0 spiro atoms. The lowest BCUT2D eigenvalue weighted by molar-refractivity contribution is -0.130. The van der Waals surface area contributed by atoms with Gasteiger partial charge in [-0.05, 0) is 32.4 Å². The van der Waals surface area contributed by atoms with Gasteiger partial charge in [0, 0.05) is 11.6 Å². The van der Waals surface area contributed by atoms with Crippen LogP contribution in [0, 0.1) is 0 Å². The van der Waals surface area contributed by atoms with Gasteiger partial charge in [-0.1, -0.05) is 6.92 Å². The molecule has 1 aromatic rings. The van der Waals surface area contributed by atoms with E-state index in [-0.39, 0.29) is 5.75 Å². The van der Waals surface area contributed by atoms with Crippen LogP contribution < -0.4 is 10.1 Å². The van der Waals surface area contributed by atoms with Crippen molar-refractivity contribution in [2.24, 2.45) is 5.10 Å². The van der Waals surface area contributed by atoms with Crippen molar-refractivity contribution in [3.05, 3.63) is 23.8 Å². The van der Waals surface area contributed by atoms with Crippen molar-refractivity contribution in [2.45, 2.75) is 32.7 Å². The molecule has 22 heavy (non-hydrogen) atoms. The number of carbonyl (C=O) groups excluding carboxylic acids is 2. The summed E-state index contributed by atoms with van der Waals surface area (Å²) in [5.41, 5.74) is -0.552. The number of phenols is 1. The standard InChI is InChI=1S/C15H19N3O4/c1-4-15(3)13(20)18(14(21)17-15)16-9-10-6-7-11(22-5-2)8-12(10)19/h6-9,19H,4-5H2,1-3H3,(H,17,21)/b16-9+/t15-/m1/s1. The Morgan fingerprint density at radius 3 is 2.68 bits per heavy atom. The van der Waals surface area contributed by atoms with Crippen LogP contribution in [0.2, 0.25) is 0 Å². The number of ether oxygens (including phenoxy) is 1. The van der Waals surface area contributed by atoms with Gasteiger partial charge in [0.05, 0.1) is 12.8 Å². The SMILES string of the molecule is CCOc1ccc(/C=N/N2C(=O)N[C@](C)(CC)C2=O)c(O)c1. The molecule has 1 aliphatic rings. The predicted octanol–water partition coefficient (Wildman–Crippen LogP) is 1.85. The van der Waals surface area contributed by atoms with Gasteiger partial charge >= 0.3 is 6.03 Å². The number of rotatable bonds is 5. The Morgan fingerprint density at radius 1 is 1.41 bits per heavy atom. The summed E-state index contributed by atoms with van der Waals surface area (Å²) in [6.45, 7) is 5.79. The van der Waals surface area contributed by atoms with Crippen LogP contribution in [0.4, 0.5) is 4.79 Å². The molecule has 1 aliphatic heterocycles. The molecule has 1 fully saturated rings. The van der Waals surface area contributed by atoms with Crippen molar-refractivity contribution in [3.63, 3.8) is 0 Å². The lowest BCUT2D eigenvalue weighted by Gasteiger charge is -2.17. The second-order valence-corrected chi connectivity index (χ2v) is 5.13. The number of imide groups is 1. The second-order valence-electron chi connectivity index (χ2n) is 5.13. The molecule has 0 unspecified atom stereocenters. The summed E-state index contributed by atoms with van der Waals surface area (Å²) in [4.78, 5) is 24.0. The lowest BCUT2D eigenvalue weighted by Crippen LogP contribution is -2.42. The van der Waals surface area contributed by atoms with E-state index in [9.17, 15) is 14.7 Å². The van der Waals surface area contributed by atoms with Gasteiger partial charge in [-0.2, -0.15) is 5.10 Å². The number of benzene rings is 1. The maximum absolute atomic E-state index is 12.2. The molecule has 1 heterocycles. The minimum Gasteiger partial charge on any atom is -0.507 e. The van der Waals surface area contributed by atoms with Gasteiger partial charge in [0.25, 0.3) is 5.91 Å². The Labute approximate surface area is 128 Å². The van der Waals surface area contributed by atoms with Crippen LogP contribution in [0.25, 0.3) is 0 Å². The van der Waals surface area contributed by atoms with Crippen LogP contribution in [-0.4, -0.2) is 40.4 Å². The van der Waals surface area contributed by atoms with Gasteiger partial charge in [-0.3, -0.25) is 4.79 Å². The summed E-state index contributed by atoms with van der Waals surface area (Å²) >= 11 is 0. The van der Waals surface area contributed by atoms with Gasteiger partial charge in [0.15, 0.2) is 0 Å². The molecule has 1 atom stereocenters. The van der Waals surface area contributed by atoms with Gasteiger partial charge in [-0.25, -0.2) is 4.79 Å². The normalized spacial score (nSPS) is 21.5. The third-order valence-electron chi connectivity index (χ3n) is 3.57. The van der Waals surface area contributed by atoms with Gasteiger partial charge in [0.1, 0.15) is 17.0 Å². The third-order valence-corrected chi connectivity index (χ3v) is 3.57. The number of hydrazone groups is 1. The maximum Gasteiger partial charge on any atom is 0.346 e. The average Bonchev–Trinajstić information content (AvgIpc) is 2.70. The fraction of sp³-hybridized carbons (Fsp3) is 0.400. The summed E-state index contributed by atoms with van der Waals surface area (Å²) in [7, 11) is 0. The molecule has 0 aromatic heterocycles. The van der Waals surface area contributed by atoms with Crippen LogP contribution in [0.3, 0.4) is 0 Å². The van der Waals surface area contributed by atoms with E-state index < -0.39 is 17.5 Å². The Kier molecular flexibility index (Phi) is 4.35. The fourth-order valence-corrected chi connectivity index (χ4v) is 2.02. The van der Waals surface area contributed by atoms with E-state index in [2.05, 4.69) is 10.4 Å². The van der Waals surface area contributed by atoms with Crippen LogP contribution in [0.5, 0.6) is 11.5 Å². The molecule has 0 radical (unpaired) electrons. The number of carbonyl (C=O) groups is 2. The fourth-order valence-electron chi connectivity index (χ4n) is 2.02. The smallest absolute Gasteiger partial charge is 0.346 e. The summed E-state index contributed by atoms with van der Waals surface area (Å²) in [5, 5.41) is 17.2. The van der Waals surface area contributed by atoms with Crippen molar-refractivity contribution in [1.29, 1.82) is 0 Å². The highest BCUT2D eigenvalue weighted by molar-refractivity contribution is 6.07. The maximum atomic E-state index is 12.2. The monoisotopic (exact) mass is 305 g/mol. The Morgan fingerprint density at radius 2 is 2.14 bits per heavy atom. The molecule has 1 saturated heterocycles. The van der Waals surface area contributed by atoms with E-state index in [0.717, 1.165) is 5.01 Å². The number of amides is 3. The van der Waals surface area contributed by atoms with Crippen molar-refractivity contribution in [2.75, 3.05) is 6.61 Å². The molecular weight excluding hydrogens is 286 g/mol. The number of nitrogens with zero attached hydrogens (tertiary/aromatic N) is 2. The van der Waals surface area contributed by atoms with Crippen molar-refractivity contribution in [3.8, 4) is 11.5 Å². The number of aromatic hydroxyl groups is 1. The zero-order valence-electron chi connectivity index (χ0n) is 12.8. The molecule has 0 saturated carbocycles. The van der Waals surface area contributed by atoms with Crippen molar-refractivity contribution >= 4 is 18.2 Å². The molecule has 1 aromatic carbocycles. The van der Waals surface area contributed by atoms with Gasteiger partial charge in [0.2, 0.25) is 0 Å². The molecule has 7 heteroatoms. The summed E-state index contributed by atoms with van der Waals surface area (Å²) < 4.78 is 5.26. The molecule has 0 bridgehead atoms. The van der Waals surface area contributed by atoms with Crippen molar-refractivity contribution < 1.29 is 19.4 Å². The molecule has 2 N–H and O–H groups in total. The molecule has 118 valence electrons. The van der Waals surface area contributed by atoms with E-state index in [1.807, 2.05) is 13.8 Å². The van der Waals surface area contributed by atoms with E-state index in [1.54, 1.807) is 19.1 Å². The van der Waals surface area contributed by atoms with Crippen LogP contribution >= 0.6 is 0 Å². The van der Waals surface area contributed by atoms with E-state index >= 15 is 0 Å². The third kappa shape index (κ3) is 2.88. The second kappa shape index (κ2) is 6.05. The molecular formula is C15H19N3O4. The number of urea groups is 1. The summed E-state index contributed by atoms with van der Waals surface area (Å²) in [6, 6.07) is 4.15. The minimum atomic E-state index is -0.935. The molecule has 0 aliphatic carbocycles. The first-order chi connectivity index (χ1) is 10.4. The minimum absolute atomic E-state index is 0.0417. The largest absolute Gasteiger partial charge is 0.507 e. The van der Waals surface area contributed by atoms with Crippen LogP contribution in [-0.2, 0) is 4.79 Å². The Bertz CT molecular complexity index is 629. The van der Waals surface area contributed by atoms with Crippen LogP contribution in [0.1, 0.15) is 32.8 Å². The number of nitrogens with one attached hydrogen (secondary N) is 1. The number of hydrogen-bond donors (Lipinski definition) is 2. The topological polar surface area (TPSA) is 91.2 Å². The van der Waals surface area contributed by atoms with Crippen LogP contribution in [0.15, 0.2) is 23.3 Å². The quantitative estimate of drug-likeness (QED) is 0.641. The lowest BCUT2D eigenvalue weighted by atomic mass is 10.00. The highest BCUT2D eigenvalue weighted by atomic mass is 16.5. The zero-order chi connectivity index (χ0) is 16.3. The van der Waals surface area contributed by atoms with Gasteiger partial charge in [-0.15, -0.1) is 5.01 Å². The Hall–Kier alpha value is -2.57. The van der Waals surface area contributed by atoms with E-state index in [4.69, 9.17) is 4.74 Å². The summed E-state index contributed by atoms with van der Waals surface area (Å²) in [5.74, 6) is 0.0763. The average molecular weight is 305 g/mol. The predicted molar refractivity (Wildman–Crippen MR) is 80.9 cm³/mol. The van der Waals surface area contributed by atoms with E-state index in [0.29, 0.717) is 24.3 Å². The highest BCUT2D eigenvalue weighted by Gasteiger charge is 2.46. The molecule has 2 rings (SSSR count). The molecule has 7 nitrogen and oxygen atoms in total. The zero-order valence-corrected chi connectivity index (χ0v) is 12.8. The van der Waals surface area contributed by atoms with Crippen molar-refractivity contribution in [1.82, 2.24) is 10.3 Å². The first-order valence-corrected chi connectivity index (χ1v) is 7.07. The first kappa shape index (κ1) is 15.8. The Balaban J connectivity index is 2.19.